The smallest absolute Gasteiger partial charge is 0.301 e. The Morgan fingerprint density at radius 3 is 2.68 bits per heavy atom. The highest BCUT2D eigenvalue weighted by Crippen LogP contribution is 2.03. The highest BCUT2D eigenvalue weighted by molar-refractivity contribution is 6.07. The van der Waals surface area contributed by atoms with Gasteiger partial charge in [0.2, 0.25) is 0 Å². The van der Waals surface area contributed by atoms with E-state index in [1.165, 1.54) is 6.08 Å². The summed E-state index contributed by atoms with van der Waals surface area (Å²) in [6.07, 6.45) is 3.19. The third-order valence-electron chi connectivity index (χ3n) is 2.55. The number of urea groups is 1. The molecule has 0 aliphatic rings. The Kier molecular flexibility index (Phi) is 5.08. The molecule has 0 aliphatic carbocycles. The Morgan fingerprint density at radius 1 is 1.27 bits per heavy atom. The van der Waals surface area contributed by atoms with Gasteiger partial charge in [0.05, 0.1) is 6.54 Å². The predicted octanol–water partition coefficient (Wildman–Crippen LogP) is 0.473. The molecule has 22 heavy (non-hydrogen) atoms. The molecule has 0 unspecified atom stereocenters. The number of imide groups is 1. The molecule has 0 aliphatic heterocycles. The molecule has 2 aromatic rings. The maximum atomic E-state index is 12.0. The number of tetrazole rings is 1. The number of nitrogens with one attached hydrogen (secondary N) is 2. The minimum absolute atomic E-state index is 0.0965. The Bertz CT molecular complexity index is 668. The van der Waals surface area contributed by atoms with Crippen LogP contribution in [-0.4, -0.2) is 50.3 Å². The Labute approximate surface area is 125 Å². The summed E-state index contributed by atoms with van der Waals surface area (Å²) in [5.74, 6) is -0.738. The number of aromatic amines is 1. The maximum Gasteiger partial charge on any atom is 0.331 e. The van der Waals surface area contributed by atoms with E-state index in [0.29, 0.717) is 6.29 Å². The van der Waals surface area contributed by atoms with Crippen LogP contribution in [0.25, 0.3) is 6.08 Å². The van der Waals surface area contributed by atoms with E-state index in [2.05, 4.69) is 25.9 Å². The second-order valence-corrected chi connectivity index (χ2v) is 4.03. The van der Waals surface area contributed by atoms with Gasteiger partial charge in [0.1, 0.15) is 6.29 Å². The molecule has 9 heteroatoms. The molecule has 0 saturated carbocycles. The fraction of sp³-hybridized carbons (Fsp3) is 0.0769. The van der Waals surface area contributed by atoms with Crippen LogP contribution < -0.4 is 5.32 Å². The first-order chi connectivity index (χ1) is 10.7. The van der Waals surface area contributed by atoms with Crippen molar-refractivity contribution >= 4 is 30.2 Å². The van der Waals surface area contributed by atoms with Crippen LogP contribution >= 0.6 is 0 Å². The second-order valence-electron chi connectivity index (χ2n) is 4.03. The quantitative estimate of drug-likeness (QED) is 0.611. The van der Waals surface area contributed by atoms with E-state index in [1.807, 2.05) is 18.2 Å². The standard InChI is InChI=1S/C13H12N6O3/c20-9-8-19(13(22)14-12-15-17-18-16-12)11(21)7-6-10-4-2-1-3-5-10/h1-7,9H,8H2,(H2,14,15,16,17,18,22). The fourth-order valence-corrected chi connectivity index (χ4v) is 1.55. The molecule has 2 N–H and O–H groups in total. The normalized spacial score (nSPS) is 10.4. The number of hydrogen-bond donors (Lipinski definition) is 2. The monoisotopic (exact) mass is 300 g/mol. The van der Waals surface area contributed by atoms with Gasteiger partial charge in [-0.3, -0.25) is 15.0 Å². The summed E-state index contributed by atoms with van der Waals surface area (Å²) in [6, 6.07) is 8.25. The van der Waals surface area contributed by atoms with Crippen LogP contribution in [0, 0.1) is 0 Å². The molecule has 0 saturated heterocycles. The molecule has 3 amide bonds. The molecule has 1 aromatic carbocycles. The molecule has 1 aromatic heterocycles. The number of aldehydes is 1. The summed E-state index contributed by atoms with van der Waals surface area (Å²) in [5, 5.41) is 14.7. The molecule has 9 nitrogen and oxygen atoms in total. The third-order valence-corrected chi connectivity index (χ3v) is 2.55. The van der Waals surface area contributed by atoms with Crippen molar-refractivity contribution in [1.82, 2.24) is 25.5 Å². The van der Waals surface area contributed by atoms with Crippen molar-refractivity contribution in [2.24, 2.45) is 0 Å². The predicted molar refractivity (Wildman–Crippen MR) is 76.4 cm³/mol. The van der Waals surface area contributed by atoms with Gasteiger partial charge in [-0.05, 0) is 16.9 Å². The molecule has 0 spiro atoms. The Morgan fingerprint density at radius 2 is 2.05 bits per heavy atom. The molecule has 0 radical (unpaired) electrons. The van der Waals surface area contributed by atoms with E-state index in [-0.39, 0.29) is 12.5 Å². The minimum Gasteiger partial charge on any atom is -0.301 e. The van der Waals surface area contributed by atoms with E-state index < -0.39 is 11.9 Å². The summed E-state index contributed by atoms with van der Waals surface area (Å²) in [7, 11) is 0. The molecule has 1 heterocycles. The van der Waals surface area contributed by atoms with Gasteiger partial charge in [-0.25, -0.2) is 4.79 Å². The van der Waals surface area contributed by atoms with Crippen LogP contribution in [0.15, 0.2) is 36.4 Å². The van der Waals surface area contributed by atoms with E-state index in [9.17, 15) is 14.4 Å². The van der Waals surface area contributed by atoms with Crippen molar-refractivity contribution < 1.29 is 14.4 Å². The number of H-pyrrole nitrogens is 1. The lowest BCUT2D eigenvalue weighted by Gasteiger charge is -2.15. The van der Waals surface area contributed by atoms with Gasteiger partial charge in [-0.15, -0.1) is 5.10 Å². The summed E-state index contributed by atoms with van der Waals surface area (Å²) >= 11 is 0. The zero-order valence-corrected chi connectivity index (χ0v) is 11.3. The van der Waals surface area contributed by atoms with Crippen molar-refractivity contribution in [3.8, 4) is 0 Å². The topological polar surface area (TPSA) is 121 Å². The summed E-state index contributed by atoms with van der Waals surface area (Å²) in [5.41, 5.74) is 0.792. The van der Waals surface area contributed by atoms with Crippen molar-refractivity contribution in [1.29, 1.82) is 0 Å². The summed E-state index contributed by atoms with van der Waals surface area (Å²) in [6.45, 7) is -0.387. The number of carbonyl (C=O) groups excluding carboxylic acids is 3. The number of aromatic nitrogens is 4. The zero-order chi connectivity index (χ0) is 15.8. The number of amides is 3. The number of benzene rings is 1. The van der Waals surface area contributed by atoms with E-state index in [0.717, 1.165) is 10.5 Å². The van der Waals surface area contributed by atoms with E-state index in [4.69, 9.17) is 0 Å². The molecular formula is C13H12N6O3. The van der Waals surface area contributed by atoms with Gasteiger partial charge < -0.3 is 4.79 Å². The largest absolute Gasteiger partial charge is 0.331 e. The van der Waals surface area contributed by atoms with Gasteiger partial charge in [0.25, 0.3) is 11.9 Å². The summed E-state index contributed by atoms with van der Waals surface area (Å²) < 4.78 is 0. The van der Waals surface area contributed by atoms with Crippen molar-refractivity contribution in [3.63, 3.8) is 0 Å². The highest BCUT2D eigenvalue weighted by atomic mass is 16.2. The first-order valence-corrected chi connectivity index (χ1v) is 6.23. The fourth-order valence-electron chi connectivity index (χ4n) is 1.55. The van der Waals surface area contributed by atoms with Crippen molar-refractivity contribution in [3.05, 3.63) is 42.0 Å². The number of anilines is 1. The average Bonchev–Trinajstić information content (AvgIpc) is 3.04. The molecule has 0 bridgehead atoms. The van der Waals surface area contributed by atoms with Crippen LogP contribution in [0.1, 0.15) is 5.56 Å². The number of carbonyl (C=O) groups is 3. The second kappa shape index (κ2) is 7.43. The molecular weight excluding hydrogens is 288 g/mol. The van der Waals surface area contributed by atoms with Crippen LogP contribution in [-0.2, 0) is 9.59 Å². The molecule has 0 atom stereocenters. The first kappa shape index (κ1) is 15.0. The molecule has 2 rings (SSSR count). The van der Waals surface area contributed by atoms with Crippen molar-refractivity contribution in [2.75, 3.05) is 11.9 Å². The first-order valence-electron chi connectivity index (χ1n) is 6.23. The van der Waals surface area contributed by atoms with Crippen LogP contribution in [0.5, 0.6) is 0 Å². The van der Waals surface area contributed by atoms with Gasteiger partial charge in [0.15, 0.2) is 0 Å². The maximum absolute atomic E-state index is 12.0. The van der Waals surface area contributed by atoms with E-state index in [1.54, 1.807) is 18.2 Å². The minimum atomic E-state index is -0.823. The Balaban J connectivity index is 2.06. The zero-order valence-electron chi connectivity index (χ0n) is 11.3. The lowest BCUT2D eigenvalue weighted by atomic mass is 10.2. The SMILES string of the molecule is O=CCN(C(=O)C=Cc1ccccc1)C(=O)Nc1nn[nH]n1. The van der Waals surface area contributed by atoms with Gasteiger partial charge in [0, 0.05) is 6.08 Å². The molecule has 0 fully saturated rings. The number of rotatable bonds is 5. The van der Waals surface area contributed by atoms with E-state index >= 15 is 0 Å². The Hall–Kier alpha value is -3.36. The van der Waals surface area contributed by atoms with Gasteiger partial charge >= 0.3 is 6.03 Å². The average molecular weight is 300 g/mol. The lowest BCUT2D eigenvalue weighted by molar-refractivity contribution is -0.125. The van der Waals surface area contributed by atoms with Crippen molar-refractivity contribution in [2.45, 2.75) is 0 Å². The molecule has 112 valence electrons. The van der Waals surface area contributed by atoms with Crippen LogP contribution in [0.3, 0.4) is 0 Å². The summed E-state index contributed by atoms with van der Waals surface area (Å²) in [4.78, 5) is 35.3. The van der Waals surface area contributed by atoms with Gasteiger partial charge in [-0.2, -0.15) is 5.21 Å². The lowest BCUT2D eigenvalue weighted by Crippen LogP contribution is -2.40. The highest BCUT2D eigenvalue weighted by Gasteiger charge is 2.20. The van der Waals surface area contributed by atoms with Gasteiger partial charge in [-0.1, -0.05) is 35.4 Å². The van der Waals surface area contributed by atoms with Crippen LogP contribution in [0.2, 0.25) is 0 Å². The number of nitrogens with zero attached hydrogens (tertiary/aromatic N) is 4. The third kappa shape index (κ3) is 4.07. The van der Waals surface area contributed by atoms with Crippen LogP contribution in [0.4, 0.5) is 10.7 Å². The number of hydrogen-bond acceptors (Lipinski definition) is 6.